The average molecular weight is 457 g/mol. The van der Waals surface area contributed by atoms with Crippen molar-refractivity contribution in [2.24, 2.45) is 0 Å². The number of thiocarbonyl (C=S) groups is 1. The zero-order valence-corrected chi connectivity index (χ0v) is 19.1. The van der Waals surface area contributed by atoms with Gasteiger partial charge in [0.25, 0.3) is 0 Å². The Morgan fingerprint density at radius 3 is 2.38 bits per heavy atom. The molecule has 170 valence electrons. The maximum absolute atomic E-state index is 14.1. The second-order valence-corrected chi connectivity index (χ2v) is 9.47. The second-order valence-electron chi connectivity index (χ2n) is 9.08. The minimum atomic E-state index is -0.236. The highest BCUT2D eigenvalue weighted by molar-refractivity contribution is 7.80. The van der Waals surface area contributed by atoms with Crippen LogP contribution in [-0.4, -0.2) is 72.2 Å². The molecule has 2 aromatic carbocycles. The Hall–Kier alpha value is -2.09. The van der Waals surface area contributed by atoms with Gasteiger partial charge in [-0.05, 0) is 66.0 Å². The molecule has 2 aromatic rings. The van der Waals surface area contributed by atoms with Crippen molar-refractivity contribution in [3.05, 3.63) is 70.8 Å². The third kappa shape index (κ3) is 4.51. The molecule has 1 aliphatic carbocycles. The van der Waals surface area contributed by atoms with Gasteiger partial charge in [0.05, 0.1) is 0 Å². The molecule has 2 aliphatic heterocycles. The van der Waals surface area contributed by atoms with Crippen LogP contribution in [0.1, 0.15) is 41.5 Å². The van der Waals surface area contributed by atoms with E-state index < -0.39 is 0 Å². The number of hydrogen-bond acceptors (Lipinski definition) is 3. The van der Waals surface area contributed by atoms with Crippen LogP contribution >= 0.6 is 12.2 Å². The molecule has 0 radical (unpaired) electrons. The summed E-state index contributed by atoms with van der Waals surface area (Å²) in [6, 6.07) is 12.2. The van der Waals surface area contributed by atoms with E-state index in [4.69, 9.17) is 12.2 Å². The molecule has 0 saturated carbocycles. The van der Waals surface area contributed by atoms with Crippen LogP contribution in [0.15, 0.2) is 42.5 Å². The topological polar surface area (TPSA) is 21.8 Å². The van der Waals surface area contributed by atoms with Gasteiger partial charge in [-0.25, -0.2) is 8.78 Å². The van der Waals surface area contributed by atoms with Crippen LogP contribution < -0.4 is 5.32 Å². The lowest BCUT2D eigenvalue weighted by atomic mass is 9.93. The van der Waals surface area contributed by atoms with E-state index in [0.717, 1.165) is 81.4 Å². The number of nitrogens with one attached hydrogen (secondary N) is 1. The van der Waals surface area contributed by atoms with E-state index in [1.807, 2.05) is 18.2 Å². The fraction of sp³-hybridized carbons (Fsp3) is 0.480. The molecular formula is C25H30F2N4S. The molecule has 0 amide bonds. The monoisotopic (exact) mass is 456 g/mol. The van der Waals surface area contributed by atoms with Gasteiger partial charge in [-0.1, -0.05) is 18.2 Å². The maximum Gasteiger partial charge on any atom is 0.168 e. The van der Waals surface area contributed by atoms with Crippen LogP contribution in [0.25, 0.3) is 0 Å². The summed E-state index contributed by atoms with van der Waals surface area (Å²) >= 11 is 5.43. The Kier molecular flexibility index (Phi) is 6.40. The third-order valence-corrected chi connectivity index (χ3v) is 7.62. The van der Waals surface area contributed by atoms with Gasteiger partial charge in [-0.3, -0.25) is 9.80 Å². The summed E-state index contributed by atoms with van der Waals surface area (Å²) in [6.45, 7) is 8.10. The van der Waals surface area contributed by atoms with E-state index in [-0.39, 0.29) is 23.6 Å². The molecule has 2 saturated heterocycles. The lowest BCUT2D eigenvalue weighted by Crippen LogP contribution is -2.52. The molecule has 0 bridgehead atoms. The van der Waals surface area contributed by atoms with Crippen LogP contribution in [0.2, 0.25) is 0 Å². The predicted octanol–water partition coefficient (Wildman–Crippen LogP) is 3.74. The summed E-state index contributed by atoms with van der Waals surface area (Å²) < 4.78 is 27.6. The van der Waals surface area contributed by atoms with Crippen molar-refractivity contribution in [1.82, 2.24) is 20.0 Å². The SMILES string of the molecule is Fc1ccc([C@H]2C[C@H](N3CCN(CCN4CCCNC4=S)CC3)c3ccc(F)cc32)cc1. The van der Waals surface area contributed by atoms with Crippen LogP contribution in [0, 0.1) is 11.6 Å². The lowest BCUT2D eigenvalue weighted by molar-refractivity contribution is 0.0910. The molecule has 32 heavy (non-hydrogen) atoms. The quantitative estimate of drug-likeness (QED) is 0.691. The minimum absolute atomic E-state index is 0.108. The first-order valence-electron chi connectivity index (χ1n) is 11.6. The predicted molar refractivity (Wildman–Crippen MR) is 127 cm³/mol. The van der Waals surface area contributed by atoms with Gasteiger partial charge in [0, 0.05) is 64.3 Å². The van der Waals surface area contributed by atoms with E-state index >= 15 is 0 Å². The van der Waals surface area contributed by atoms with Crippen molar-refractivity contribution in [2.75, 3.05) is 52.4 Å². The Labute approximate surface area is 194 Å². The fourth-order valence-electron chi connectivity index (χ4n) is 5.44. The number of nitrogens with zero attached hydrogens (tertiary/aromatic N) is 3. The van der Waals surface area contributed by atoms with Crippen LogP contribution in [0.4, 0.5) is 8.78 Å². The number of halogens is 2. The zero-order valence-electron chi connectivity index (χ0n) is 18.3. The molecular weight excluding hydrogens is 426 g/mol. The first kappa shape index (κ1) is 21.7. The molecule has 0 aromatic heterocycles. The first-order chi connectivity index (χ1) is 15.6. The molecule has 3 aliphatic rings. The average Bonchev–Trinajstić information content (AvgIpc) is 3.18. The summed E-state index contributed by atoms with van der Waals surface area (Å²) in [7, 11) is 0. The molecule has 1 N–H and O–H groups in total. The Bertz CT molecular complexity index is 959. The molecule has 4 nitrogen and oxygen atoms in total. The second kappa shape index (κ2) is 9.41. The fourth-order valence-corrected chi connectivity index (χ4v) is 5.72. The largest absolute Gasteiger partial charge is 0.362 e. The summed E-state index contributed by atoms with van der Waals surface area (Å²) in [5.74, 6) is -0.330. The van der Waals surface area contributed by atoms with Crippen LogP contribution in [0.5, 0.6) is 0 Å². The van der Waals surface area contributed by atoms with E-state index in [2.05, 4.69) is 20.0 Å². The Morgan fingerprint density at radius 2 is 1.62 bits per heavy atom. The van der Waals surface area contributed by atoms with Gasteiger partial charge >= 0.3 is 0 Å². The number of benzene rings is 2. The standard InChI is InChI=1S/C25H30F2N4S/c26-19-4-2-18(3-5-19)22-17-24(21-7-6-20(27)16-23(21)22)30-13-10-29(11-14-30)12-15-31-9-1-8-28-25(31)32/h2-7,16,22,24H,1,8-15,17H2,(H,28,32)/t22-,24+/m1/s1. The first-order valence-corrected chi connectivity index (χ1v) is 12.0. The molecule has 0 unspecified atom stereocenters. The molecule has 2 heterocycles. The van der Waals surface area contributed by atoms with Crippen LogP contribution in [0.3, 0.4) is 0 Å². The zero-order chi connectivity index (χ0) is 22.1. The highest BCUT2D eigenvalue weighted by atomic mass is 32.1. The number of hydrogen-bond donors (Lipinski definition) is 1. The molecule has 2 atom stereocenters. The van der Waals surface area contributed by atoms with Gasteiger partial charge < -0.3 is 10.2 Å². The summed E-state index contributed by atoms with van der Waals surface area (Å²) in [5.41, 5.74) is 3.33. The lowest BCUT2D eigenvalue weighted by Gasteiger charge is -2.39. The molecule has 7 heteroatoms. The van der Waals surface area contributed by atoms with Gasteiger partial charge in [-0.15, -0.1) is 0 Å². The highest BCUT2D eigenvalue weighted by Crippen LogP contribution is 2.47. The Balaban J connectivity index is 1.24. The Morgan fingerprint density at radius 1 is 0.875 bits per heavy atom. The van der Waals surface area contributed by atoms with Gasteiger partial charge in [0.2, 0.25) is 0 Å². The minimum Gasteiger partial charge on any atom is -0.362 e. The van der Waals surface area contributed by atoms with Crippen molar-refractivity contribution in [3.8, 4) is 0 Å². The van der Waals surface area contributed by atoms with Crippen molar-refractivity contribution in [2.45, 2.75) is 24.8 Å². The van der Waals surface area contributed by atoms with Gasteiger partial charge in [0.1, 0.15) is 11.6 Å². The number of rotatable bonds is 5. The smallest absolute Gasteiger partial charge is 0.168 e. The van der Waals surface area contributed by atoms with Crippen molar-refractivity contribution in [3.63, 3.8) is 0 Å². The van der Waals surface area contributed by atoms with Crippen LogP contribution in [-0.2, 0) is 0 Å². The van der Waals surface area contributed by atoms with E-state index in [0.29, 0.717) is 0 Å². The molecule has 0 spiro atoms. The maximum atomic E-state index is 14.1. The number of piperazine rings is 1. The van der Waals surface area contributed by atoms with Crippen molar-refractivity contribution in [1.29, 1.82) is 0 Å². The van der Waals surface area contributed by atoms with Crippen molar-refractivity contribution >= 4 is 17.3 Å². The summed E-state index contributed by atoms with van der Waals surface area (Å²) in [6.07, 6.45) is 2.06. The summed E-state index contributed by atoms with van der Waals surface area (Å²) in [4.78, 5) is 7.34. The van der Waals surface area contributed by atoms with Gasteiger partial charge in [0.15, 0.2) is 5.11 Å². The number of fused-ring (bicyclic) bond motifs is 1. The van der Waals surface area contributed by atoms with E-state index in [1.165, 1.54) is 17.7 Å². The molecule has 2 fully saturated rings. The third-order valence-electron chi connectivity index (χ3n) is 7.22. The summed E-state index contributed by atoms with van der Waals surface area (Å²) in [5, 5.41) is 4.17. The highest BCUT2D eigenvalue weighted by Gasteiger charge is 2.36. The van der Waals surface area contributed by atoms with Gasteiger partial charge in [-0.2, -0.15) is 0 Å². The normalized spacial score (nSPS) is 24.4. The van der Waals surface area contributed by atoms with E-state index in [9.17, 15) is 8.78 Å². The molecule has 5 rings (SSSR count). The van der Waals surface area contributed by atoms with Crippen molar-refractivity contribution < 1.29 is 8.78 Å². The van der Waals surface area contributed by atoms with E-state index in [1.54, 1.807) is 12.1 Å².